The van der Waals surface area contributed by atoms with Gasteiger partial charge in [0.2, 0.25) is 10.0 Å². The highest BCUT2D eigenvalue weighted by molar-refractivity contribution is 7.93. The maximum absolute atomic E-state index is 12.3. The first-order valence-electron chi connectivity index (χ1n) is 8.87. The Kier molecular flexibility index (Phi) is 5.41. The summed E-state index contributed by atoms with van der Waals surface area (Å²) in [5.41, 5.74) is 4.28. The molecule has 1 saturated heterocycles. The monoisotopic (exact) mass is 388 g/mol. The van der Waals surface area contributed by atoms with Gasteiger partial charge in [0.05, 0.1) is 11.4 Å². The maximum atomic E-state index is 12.3. The predicted molar refractivity (Wildman–Crippen MR) is 107 cm³/mol. The van der Waals surface area contributed by atoms with E-state index in [0.29, 0.717) is 30.1 Å². The molecule has 0 spiro atoms. The fraction of sp³-hybridized carbons (Fsp3) is 0.350. The van der Waals surface area contributed by atoms with Gasteiger partial charge < -0.3 is 10.1 Å². The zero-order chi connectivity index (χ0) is 19.6. The van der Waals surface area contributed by atoms with Crippen molar-refractivity contribution >= 4 is 27.3 Å². The molecule has 6 nitrogen and oxygen atoms in total. The van der Waals surface area contributed by atoms with Gasteiger partial charge in [-0.1, -0.05) is 12.1 Å². The van der Waals surface area contributed by atoms with Gasteiger partial charge in [0.15, 0.2) is 6.61 Å². The number of amides is 1. The number of sulfonamides is 1. The molecule has 1 fully saturated rings. The number of carbonyl (C=O) groups is 1. The van der Waals surface area contributed by atoms with E-state index in [2.05, 4.69) is 5.32 Å². The number of benzene rings is 2. The summed E-state index contributed by atoms with van der Waals surface area (Å²) in [6, 6.07) is 11.0. The molecule has 2 aromatic carbocycles. The van der Waals surface area contributed by atoms with Gasteiger partial charge in [-0.2, -0.15) is 0 Å². The summed E-state index contributed by atoms with van der Waals surface area (Å²) in [6.07, 6.45) is 0.613. The summed E-state index contributed by atoms with van der Waals surface area (Å²) < 4.78 is 31.2. The molecule has 0 unspecified atom stereocenters. The molecule has 7 heteroatoms. The largest absolute Gasteiger partial charge is 0.484 e. The van der Waals surface area contributed by atoms with Crippen LogP contribution in [0.3, 0.4) is 0 Å². The summed E-state index contributed by atoms with van der Waals surface area (Å²) in [7, 11) is -3.26. The highest BCUT2D eigenvalue weighted by Crippen LogP contribution is 2.28. The summed E-state index contributed by atoms with van der Waals surface area (Å²) in [4.78, 5) is 12.3. The number of anilines is 2. The van der Waals surface area contributed by atoms with E-state index in [1.807, 2.05) is 45.0 Å². The van der Waals surface area contributed by atoms with Gasteiger partial charge in [0.1, 0.15) is 5.75 Å². The highest BCUT2D eigenvalue weighted by atomic mass is 32.2. The minimum atomic E-state index is -3.26. The molecule has 0 saturated carbocycles. The number of nitrogens with zero attached hydrogens (tertiary/aromatic N) is 1. The maximum Gasteiger partial charge on any atom is 0.262 e. The zero-order valence-corrected chi connectivity index (χ0v) is 16.6. The summed E-state index contributed by atoms with van der Waals surface area (Å²) >= 11 is 0. The molecule has 0 aromatic heterocycles. The lowest BCUT2D eigenvalue weighted by Gasteiger charge is -2.19. The van der Waals surface area contributed by atoms with Crippen LogP contribution in [0.4, 0.5) is 11.4 Å². The zero-order valence-electron chi connectivity index (χ0n) is 15.8. The standard InChI is InChI=1S/C20H24N2O4S/c1-14-6-8-18(11-16(14)3)26-13-20(23)21-19-12-17(7-5-15(19)2)22-9-4-10-27(22,24)25/h5-8,11-12H,4,9-10,13H2,1-3H3,(H,21,23). The number of aryl methyl sites for hydroxylation is 3. The average molecular weight is 388 g/mol. The molecule has 27 heavy (non-hydrogen) atoms. The van der Waals surface area contributed by atoms with E-state index < -0.39 is 10.0 Å². The molecule has 1 aliphatic heterocycles. The minimum Gasteiger partial charge on any atom is -0.484 e. The normalized spacial score (nSPS) is 15.6. The quantitative estimate of drug-likeness (QED) is 0.854. The van der Waals surface area contributed by atoms with Crippen molar-refractivity contribution in [2.75, 3.05) is 28.5 Å². The number of rotatable bonds is 5. The number of ether oxygens (including phenoxy) is 1. The molecule has 0 atom stereocenters. The molecule has 0 radical (unpaired) electrons. The topological polar surface area (TPSA) is 75.7 Å². The lowest BCUT2D eigenvalue weighted by molar-refractivity contribution is -0.118. The average Bonchev–Trinajstić information content (AvgIpc) is 2.97. The Bertz CT molecular complexity index is 970. The molecule has 0 bridgehead atoms. The van der Waals surface area contributed by atoms with E-state index in [-0.39, 0.29) is 18.3 Å². The Hall–Kier alpha value is -2.54. The van der Waals surface area contributed by atoms with Crippen molar-refractivity contribution in [3.63, 3.8) is 0 Å². The number of hydrogen-bond acceptors (Lipinski definition) is 4. The third kappa shape index (κ3) is 4.42. The fourth-order valence-corrected chi connectivity index (χ4v) is 4.52. The van der Waals surface area contributed by atoms with Crippen LogP contribution in [0, 0.1) is 20.8 Å². The predicted octanol–water partition coefficient (Wildman–Crippen LogP) is 3.17. The van der Waals surface area contributed by atoms with Crippen molar-refractivity contribution in [3.05, 3.63) is 53.1 Å². The minimum absolute atomic E-state index is 0.117. The van der Waals surface area contributed by atoms with Crippen LogP contribution < -0.4 is 14.4 Å². The van der Waals surface area contributed by atoms with Gasteiger partial charge in [-0.3, -0.25) is 9.10 Å². The van der Waals surface area contributed by atoms with E-state index in [0.717, 1.165) is 16.7 Å². The molecular formula is C20H24N2O4S. The van der Waals surface area contributed by atoms with Gasteiger partial charge in [0.25, 0.3) is 5.91 Å². The molecular weight excluding hydrogens is 364 g/mol. The lowest BCUT2D eigenvalue weighted by Crippen LogP contribution is -2.25. The van der Waals surface area contributed by atoms with Gasteiger partial charge in [0, 0.05) is 12.2 Å². The van der Waals surface area contributed by atoms with Crippen LogP contribution in [0.5, 0.6) is 5.75 Å². The van der Waals surface area contributed by atoms with Crippen molar-refractivity contribution in [2.24, 2.45) is 0 Å². The molecule has 3 rings (SSSR count). The van der Waals surface area contributed by atoms with Crippen molar-refractivity contribution < 1.29 is 17.9 Å². The van der Waals surface area contributed by atoms with Gasteiger partial charge in [-0.15, -0.1) is 0 Å². The third-order valence-corrected chi connectivity index (χ3v) is 6.60. The van der Waals surface area contributed by atoms with E-state index in [4.69, 9.17) is 4.74 Å². The number of hydrogen-bond donors (Lipinski definition) is 1. The Labute approximate surface area is 160 Å². The Morgan fingerprint density at radius 2 is 1.81 bits per heavy atom. The Morgan fingerprint density at radius 3 is 2.48 bits per heavy atom. The van der Waals surface area contributed by atoms with Crippen molar-refractivity contribution in [1.82, 2.24) is 0 Å². The van der Waals surface area contributed by atoms with Gasteiger partial charge in [-0.05, 0) is 68.1 Å². The first kappa shape index (κ1) is 19.2. The SMILES string of the molecule is Cc1ccc(OCC(=O)Nc2cc(N3CCCS3(=O)=O)ccc2C)cc1C. The van der Waals surface area contributed by atoms with Crippen LogP contribution in [0.1, 0.15) is 23.1 Å². The van der Waals surface area contributed by atoms with E-state index in [1.54, 1.807) is 12.1 Å². The van der Waals surface area contributed by atoms with Crippen molar-refractivity contribution in [3.8, 4) is 5.75 Å². The Morgan fingerprint density at radius 1 is 1.07 bits per heavy atom. The van der Waals surface area contributed by atoms with E-state index >= 15 is 0 Å². The fourth-order valence-electron chi connectivity index (χ4n) is 2.97. The second kappa shape index (κ2) is 7.60. The number of nitrogens with one attached hydrogen (secondary N) is 1. The highest BCUT2D eigenvalue weighted by Gasteiger charge is 2.28. The molecule has 144 valence electrons. The molecule has 1 amide bonds. The van der Waals surface area contributed by atoms with Crippen LogP contribution >= 0.6 is 0 Å². The second-order valence-corrected chi connectivity index (χ2v) is 8.84. The molecule has 2 aromatic rings. The lowest BCUT2D eigenvalue weighted by atomic mass is 10.1. The van der Waals surface area contributed by atoms with E-state index in [9.17, 15) is 13.2 Å². The van der Waals surface area contributed by atoms with Crippen LogP contribution in [-0.4, -0.2) is 33.2 Å². The number of carbonyl (C=O) groups excluding carboxylic acids is 1. The van der Waals surface area contributed by atoms with Crippen molar-refractivity contribution in [1.29, 1.82) is 0 Å². The van der Waals surface area contributed by atoms with Crippen LogP contribution in [0.2, 0.25) is 0 Å². The van der Waals surface area contributed by atoms with Crippen LogP contribution in [0.15, 0.2) is 36.4 Å². The molecule has 1 N–H and O–H groups in total. The summed E-state index contributed by atoms with van der Waals surface area (Å²) in [6.45, 7) is 6.22. The smallest absolute Gasteiger partial charge is 0.262 e. The first-order valence-corrected chi connectivity index (χ1v) is 10.5. The van der Waals surface area contributed by atoms with Gasteiger partial charge >= 0.3 is 0 Å². The van der Waals surface area contributed by atoms with Crippen molar-refractivity contribution in [2.45, 2.75) is 27.2 Å². The molecule has 0 aliphatic carbocycles. The molecule has 1 aliphatic rings. The Balaban J connectivity index is 1.68. The van der Waals surface area contributed by atoms with Gasteiger partial charge in [-0.25, -0.2) is 8.42 Å². The summed E-state index contributed by atoms with van der Waals surface area (Å²) in [5, 5.41) is 2.81. The second-order valence-electron chi connectivity index (χ2n) is 6.82. The summed E-state index contributed by atoms with van der Waals surface area (Å²) in [5.74, 6) is 0.506. The first-order chi connectivity index (χ1) is 12.8. The molecule has 1 heterocycles. The van der Waals surface area contributed by atoms with Crippen LogP contribution in [0.25, 0.3) is 0 Å². The van der Waals surface area contributed by atoms with Crippen LogP contribution in [-0.2, 0) is 14.8 Å². The van der Waals surface area contributed by atoms with E-state index in [1.165, 1.54) is 4.31 Å². The third-order valence-electron chi connectivity index (χ3n) is 4.73.